The summed E-state index contributed by atoms with van der Waals surface area (Å²) in [7, 11) is 0. The number of amidine groups is 1. The number of fused-ring (bicyclic) bond motifs is 1. The van der Waals surface area contributed by atoms with Gasteiger partial charge >= 0.3 is 0 Å². The van der Waals surface area contributed by atoms with Crippen molar-refractivity contribution in [2.24, 2.45) is 9.98 Å². The van der Waals surface area contributed by atoms with Crippen molar-refractivity contribution in [3.63, 3.8) is 0 Å². The predicted octanol–water partition coefficient (Wildman–Crippen LogP) is 7.20. The second kappa shape index (κ2) is 9.91. The maximum absolute atomic E-state index is 11.2. The topological polar surface area (TPSA) is 45.0 Å². The Morgan fingerprint density at radius 2 is 1.97 bits per heavy atom. The highest BCUT2D eigenvalue weighted by atomic mass is 35.5. The van der Waals surface area contributed by atoms with Gasteiger partial charge in [0.1, 0.15) is 17.6 Å². The van der Waals surface area contributed by atoms with Crippen LogP contribution in [-0.2, 0) is 6.42 Å². The van der Waals surface area contributed by atoms with Gasteiger partial charge in [-0.15, -0.1) is 0 Å². The van der Waals surface area contributed by atoms with Crippen LogP contribution < -0.4 is 0 Å². The van der Waals surface area contributed by atoms with Crippen molar-refractivity contribution in [1.29, 1.82) is 0 Å². The van der Waals surface area contributed by atoms with E-state index in [2.05, 4.69) is 24.7 Å². The molecule has 0 heterocycles. The summed E-state index contributed by atoms with van der Waals surface area (Å²) < 4.78 is 0. The fourth-order valence-corrected chi connectivity index (χ4v) is 3.97. The Morgan fingerprint density at radius 3 is 2.69 bits per heavy atom. The zero-order valence-electron chi connectivity index (χ0n) is 16.4. The van der Waals surface area contributed by atoms with Gasteiger partial charge in [-0.25, -0.2) is 4.99 Å². The molecule has 0 aromatic heterocycles. The fraction of sp³-hybridized carbons (Fsp3) is 0.250. The molecule has 0 amide bonds. The van der Waals surface area contributed by atoms with E-state index in [1.54, 1.807) is 12.1 Å². The Kier molecular flexibility index (Phi) is 7.29. The van der Waals surface area contributed by atoms with E-state index in [-0.39, 0.29) is 5.75 Å². The molecular formula is C24H24Cl2N2O. The van der Waals surface area contributed by atoms with Crippen LogP contribution in [-0.4, -0.2) is 17.7 Å². The summed E-state index contributed by atoms with van der Waals surface area (Å²) in [6.45, 7) is 5.72. The van der Waals surface area contributed by atoms with Crippen LogP contribution in [0.1, 0.15) is 54.5 Å². The van der Waals surface area contributed by atoms with E-state index >= 15 is 0 Å². The van der Waals surface area contributed by atoms with Crippen molar-refractivity contribution in [3.05, 3.63) is 80.9 Å². The molecule has 0 bridgehead atoms. The fourth-order valence-electron chi connectivity index (χ4n) is 3.46. The van der Waals surface area contributed by atoms with Gasteiger partial charge in [0.25, 0.3) is 0 Å². The van der Waals surface area contributed by atoms with Crippen LogP contribution in [0, 0.1) is 0 Å². The van der Waals surface area contributed by atoms with E-state index in [1.807, 2.05) is 36.4 Å². The first kappa shape index (κ1) is 21.4. The highest BCUT2D eigenvalue weighted by Crippen LogP contribution is 2.40. The molecule has 29 heavy (non-hydrogen) atoms. The van der Waals surface area contributed by atoms with Crippen LogP contribution in [0.25, 0.3) is 6.08 Å². The smallest absolute Gasteiger partial charge is 0.125 e. The van der Waals surface area contributed by atoms with Gasteiger partial charge in [-0.1, -0.05) is 72.6 Å². The number of allylic oxidation sites excluding steroid dienone is 3. The van der Waals surface area contributed by atoms with Crippen LogP contribution >= 0.6 is 23.2 Å². The molecule has 1 aliphatic carbocycles. The Hall–Kier alpha value is -2.36. The van der Waals surface area contributed by atoms with Crippen LogP contribution in [0.2, 0.25) is 10.0 Å². The first-order valence-electron chi connectivity index (χ1n) is 9.71. The average molecular weight is 427 g/mol. The molecule has 1 atom stereocenters. The number of nitrogens with zero attached hydrogens (tertiary/aromatic N) is 2. The summed E-state index contributed by atoms with van der Waals surface area (Å²) in [5, 5.41) is 12.3. The van der Waals surface area contributed by atoms with Gasteiger partial charge < -0.3 is 5.11 Å². The zero-order chi connectivity index (χ0) is 20.8. The highest BCUT2D eigenvalue weighted by molar-refractivity contribution is 6.35. The number of phenolic OH excluding ortho intramolecular Hbond substituents is 1. The minimum absolute atomic E-state index is 0.252. The number of aromatic hydroxyl groups is 1. The van der Waals surface area contributed by atoms with Crippen molar-refractivity contribution in [2.75, 3.05) is 0 Å². The van der Waals surface area contributed by atoms with Gasteiger partial charge in [0.05, 0.1) is 0 Å². The number of hydrogen-bond acceptors (Lipinski definition) is 2. The van der Waals surface area contributed by atoms with E-state index in [0.29, 0.717) is 27.9 Å². The van der Waals surface area contributed by atoms with Gasteiger partial charge in [0, 0.05) is 27.6 Å². The van der Waals surface area contributed by atoms with E-state index in [0.717, 1.165) is 36.0 Å². The second-order valence-electron chi connectivity index (χ2n) is 6.92. The molecule has 1 aliphatic rings. The van der Waals surface area contributed by atoms with Crippen LogP contribution in [0.4, 0.5) is 0 Å². The predicted molar refractivity (Wildman–Crippen MR) is 125 cm³/mol. The third-order valence-corrected chi connectivity index (χ3v) is 5.48. The van der Waals surface area contributed by atoms with Crippen LogP contribution in [0.5, 0.6) is 5.75 Å². The minimum Gasteiger partial charge on any atom is -0.507 e. The second-order valence-corrected chi connectivity index (χ2v) is 7.76. The summed E-state index contributed by atoms with van der Waals surface area (Å²) in [6.07, 6.45) is 11.3. The van der Waals surface area contributed by atoms with E-state index < -0.39 is 6.04 Å². The van der Waals surface area contributed by atoms with Crippen molar-refractivity contribution in [1.82, 2.24) is 0 Å². The molecule has 3 nitrogen and oxygen atoms in total. The van der Waals surface area contributed by atoms with Gasteiger partial charge in [0.2, 0.25) is 0 Å². The lowest BCUT2D eigenvalue weighted by atomic mass is 9.91. The molecule has 2 aromatic carbocycles. The number of aliphatic imine (C=N–C) groups is 2. The molecule has 150 valence electrons. The lowest BCUT2D eigenvalue weighted by Gasteiger charge is -2.21. The third-order valence-electron chi connectivity index (χ3n) is 4.92. The molecule has 1 unspecified atom stereocenters. The number of benzene rings is 2. The average Bonchev–Trinajstić information content (AvgIpc) is 2.67. The van der Waals surface area contributed by atoms with Crippen molar-refractivity contribution in [2.45, 2.75) is 38.6 Å². The Bertz CT molecular complexity index is 993. The lowest BCUT2D eigenvalue weighted by molar-refractivity contribution is 0.458. The number of rotatable bonds is 5. The normalized spacial score (nSPS) is 14.8. The van der Waals surface area contributed by atoms with Gasteiger partial charge in [-0.2, -0.15) is 0 Å². The molecule has 0 aliphatic heterocycles. The van der Waals surface area contributed by atoms with Crippen molar-refractivity contribution >= 4 is 41.8 Å². The summed E-state index contributed by atoms with van der Waals surface area (Å²) in [5.41, 5.74) is 3.39. The highest BCUT2D eigenvalue weighted by Gasteiger charge is 2.23. The summed E-state index contributed by atoms with van der Waals surface area (Å²) in [4.78, 5) is 8.92. The lowest BCUT2D eigenvalue weighted by Crippen LogP contribution is -2.06. The molecule has 0 saturated heterocycles. The van der Waals surface area contributed by atoms with Crippen LogP contribution in [0.15, 0.2) is 58.5 Å². The standard InChI is InChI=1S/C24H24Cl2N2O/c1-3-8-22(27-2)28-23(19-14-12-17(25)15-21(19)26)20-13-11-16-9-6-4-5-7-10-18(16)24(20)29/h4-6,9,11-15,23,29H,2-3,7-8,10H2,1H3. The van der Waals surface area contributed by atoms with Crippen molar-refractivity contribution < 1.29 is 5.11 Å². The molecule has 3 rings (SSSR count). The van der Waals surface area contributed by atoms with Crippen LogP contribution in [0.3, 0.4) is 0 Å². The number of phenols is 1. The monoisotopic (exact) mass is 426 g/mol. The Labute approximate surface area is 182 Å². The SMILES string of the molecule is C=NC(CCC)=NC(c1ccc(Cl)cc1Cl)c1ccc2c(c1O)CCC=CC=C2. The first-order valence-corrected chi connectivity index (χ1v) is 10.5. The Morgan fingerprint density at radius 1 is 1.17 bits per heavy atom. The van der Waals surface area contributed by atoms with E-state index in [4.69, 9.17) is 28.2 Å². The van der Waals surface area contributed by atoms with Gasteiger partial charge in [-0.05, 0) is 49.2 Å². The maximum atomic E-state index is 11.2. The molecule has 2 aromatic rings. The maximum Gasteiger partial charge on any atom is 0.125 e. The first-order chi connectivity index (χ1) is 14.0. The summed E-state index contributed by atoms with van der Waals surface area (Å²) in [6, 6.07) is 8.76. The van der Waals surface area contributed by atoms with E-state index in [9.17, 15) is 5.11 Å². The van der Waals surface area contributed by atoms with Gasteiger partial charge in [-0.3, -0.25) is 4.99 Å². The molecule has 0 spiro atoms. The quantitative estimate of drug-likeness (QED) is 0.398. The number of halogens is 2. The van der Waals surface area contributed by atoms with E-state index in [1.165, 1.54) is 0 Å². The zero-order valence-corrected chi connectivity index (χ0v) is 17.9. The molecule has 5 heteroatoms. The molecule has 0 saturated carbocycles. The molecule has 0 radical (unpaired) electrons. The molecule has 1 N–H and O–H groups in total. The van der Waals surface area contributed by atoms with Gasteiger partial charge in [0.15, 0.2) is 0 Å². The molecule has 0 fully saturated rings. The molecular weight excluding hydrogens is 403 g/mol. The van der Waals surface area contributed by atoms with Crippen molar-refractivity contribution in [3.8, 4) is 5.75 Å². The Balaban J connectivity index is 2.19. The third kappa shape index (κ3) is 4.98. The summed E-state index contributed by atoms with van der Waals surface area (Å²) in [5.74, 6) is 0.889. The number of hydrogen-bond donors (Lipinski definition) is 1. The minimum atomic E-state index is -0.498. The summed E-state index contributed by atoms with van der Waals surface area (Å²) >= 11 is 12.6. The largest absolute Gasteiger partial charge is 0.507 e.